The van der Waals surface area contributed by atoms with Crippen molar-refractivity contribution in [1.82, 2.24) is 16.0 Å². The summed E-state index contributed by atoms with van der Waals surface area (Å²) in [6.07, 6.45) is -0.412. The van der Waals surface area contributed by atoms with E-state index in [1.54, 1.807) is 30.3 Å². The summed E-state index contributed by atoms with van der Waals surface area (Å²) >= 11 is 0. The second-order valence-electron chi connectivity index (χ2n) is 8.38. The minimum absolute atomic E-state index is 0.00224. The standard InChI is InChI=1S/C23H35N7O7/c1-13(24)19(33)28-16(9-10-18(31)32)21(35)29-15(8-5-11-27-23(25)26)20(34)30-17(22(36)37)12-14-6-3-2-4-7-14/h2-4,6-7,13,15-17H,5,8-12,24H2,1H3,(H,28,33)(H,29,35)(H,30,34)(H,31,32)(H,36,37)(H4,25,26,27). The number of rotatable bonds is 16. The fourth-order valence-corrected chi connectivity index (χ4v) is 3.21. The first-order valence-corrected chi connectivity index (χ1v) is 11.6. The Bertz CT molecular complexity index is 965. The lowest BCUT2D eigenvalue weighted by atomic mass is 10.0. The van der Waals surface area contributed by atoms with Crippen LogP contribution >= 0.6 is 0 Å². The number of aliphatic imine (C=N–C) groups is 1. The number of guanidine groups is 1. The Balaban J connectivity index is 3.06. The van der Waals surface area contributed by atoms with E-state index in [0.717, 1.165) is 0 Å². The number of hydrogen-bond acceptors (Lipinski definition) is 7. The SMILES string of the molecule is CC(N)C(=O)NC(CCC(=O)O)C(=O)NC(CCCN=C(N)N)C(=O)NC(Cc1ccccc1)C(=O)O. The van der Waals surface area contributed by atoms with Crippen LogP contribution in [0, 0.1) is 0 Å². The number of carbonyl (C=O) groups is 5. The molecule has 0 bridgehead atoms. The zero-order chi connectivity index (χ0) is 28.0. The van der Waals surface area contributed by atoms with Crippen molar-refractivity contribution >= 4 is 35.6 Å². The second kappa shape index (κ2) is 15.7. The maximum atomic E-state index is 13.1. The summed E-state index contributed by atoms with van der Waals surface area (Å²) in [6.45, 7) is 1.53. The number of carboxylic acid groups (broad SMARTS) is 2. The molecular weight excluding hydrogens is 486 g/mol. The van der Waals surface area contributed by atoms with Crippen molar-refractivity contribution in [1.29, 1.82) is 0 Å². The Kier molecular flexibility index (Phi) is 13.1. The Morgan fingerprint density at radius 2 is 1.41 bits per heavy atom. The molecule has 3 amide bonds. The molecule has 0 heterocycles. The van der Waals surface area contributed by atoms with Gasteiger partial charge in [0.2, 0.25) is 17.7 Å². The molecule has 4 unspecified atom stereocenters. The molecule has 14 heteroatoms. The number of nitrogens with one attached hydrogen (secondary N) is 3. The van der Waals surface area contributed by atoms with Gasteiger partial charge in [-0.15, -0.1) is 0 Å². The van der Waals surface area contributed by atoms with Crippen molar-refractivity contribution < 1.29 is 34.2 Å². The number of nitrogens with zero attached hydrogens (tertiary/aromatic N) is 1. The molecule has 11 N–H and O–H groups in total. The molecule has 204 valence electrons. The highest BCUT2D eigenvalue weighted by atomic mass is 16.4. The zero-order valence-electron chi connectivity index (χ0n) is 20.6. The molecule has 0 spiro atoms. The van der Waals surface area contributed by atoms with Crippen LogP contribution in [0.1, 0.15) is 38.2 Å². The molecular formula is C23H35N7O7. The van der Waals surface area contributed by atoms with Crippen LogP contribution in [0.3, 0.4) is 0 Å². The highest BCUT2D eigenvalue weighted by Gasteiger charge is 2.30. The van der Waals surface area contributed by atoms with Gasteiger partial charge in [0.15, 0.2) is 5.96 Å². The van der Waals surface area contributed by atoms with Crippen LogP contribution in [-0.2, 0) is 30.4 Å². The highest BCUT2D eigenvalue weighted by molar-refractivity contribution is 5.94. The van der Waals surface area contributed by atoms with E-state index in [1.807, 2.05) is 0 Å². The third kappa shape index (κ3) is 12.4. The van der Waals surface area contributed by atoms with Gasteiger partial charge in [0.25, 0.3) is 0 Å². The van der Waals surface area contributed by atoms with Gasteiger partial charge in [0.05, 0.1) is 6.04 Å². The van der Waals surface area contributed by atoms with Gasteiger partial charge in [-0.05, 0) is 31.7 Å². The third-order valence-corrected chi connectivity index (χ3v) is 5.17. The molecule has 37 heavy (non-hydrogen) atoms. The average molecular weight is 522 g/mol. The maximum absolute atomic E-state index is 13.1. The van der Waals surface area contributed by atoms with E-state index < -0.39 is 60.2 Å². The molecule has 1 aromatic carbocycles. The van der Waals surface area contributed by atoms with Gasteiger partial charge in [0, 0.05) is 19.4 Å². The fraction of sp³-hybridized carbons (Fsp3) is 0.478. The molecule has 1 aromatic rings. The van der Waals surface area contributed by atoms with Crippen molar-refractivity contribution in [2.45, 2.75) is 63.2 Å². The van der Waals surface area contributed by atoms with Crippen LogP contribution in [0.25, 0.3) is 0 Å². The third-order valence-electron chi connectivity index (χ3n) is 5.17. The van der Waals surface area contributed by atoms with E-state index in [-0.39, 0.29) is 38.2 Å². The minimum Gasteiger partial charge on any atom is -0.481 e. The van der Waals surface area contributed by atoms with Gasteiger partial charge in [0.1, 0.15) is 18.1 Å². The maximum Gasteiger partial charge on any atom is 0.326 e. The van der Waals surface area contributed by atoms with Crippen molar-refractivity contribution in [3.8, 4) is 0 Å². The quantitative estimate of drug-likeness (QED) is 0.0676. The smallest absolute Gasteiger partial charge is 0.326 e. The molecule has 1 rings (SSSR count). The Morgan fingerprint density at radius 3 is 1.92 bits per heavy atom. The molecule has 0 saturated carbocycles. The molecule has 0 radical (unpaired) electrons. The summed E-state index contributed by atoms with van der Waals surface area (Å²) in [7, 11) is 0. The summed E-state index contributed by atoms with van der Waals surface area (Å²) in [4.78, 5) is 64.7. The molecule has 14 nitrogen and oxygen atoms in total. The van der Waals surface area contributed by atoms with Crippen molar-refractivity contribution in [2.75, 3.05) is 6.54 Å². The summed E-state index contributed by atoms with van der Waals surface area (Å²) in [5.41, 5.74) is 16.8. The van der Waals surface area contributed by atoms with Gasteiger partial charge in [-0.25, -0.2) is 4.79 Å². The monoisotopic (exact) mass is 521 g/mol. The molecule has 0 saturated heterocycles. The lowest BCUT2D eigenvalue weighted by Gasteiger charge is -2.25. The van der Waals surface area contributed by atoms with Crippen molar-refractivity contribution in [3.63, 3.8) is 0 Å². The zero-order valence-corrected chi connectivity index (χ0v) is 20.6. The lowest BCUT2D eigenvalue weighted by molar-refractivity contribution is -0.142. The van der Waals surface area contributed by atoms with Crippen molar-refractivity contribution in [3.05, 3.63) is 35.9 Å². The van der Waals surface area contributed by atoms with Crippen LogP contribution in [0.2, 0.25) is 0 Å². The predicted molar refractivity (Wildman–Crippen MR) is 134 cm³/mol. The van der Waals surface area contributed by atoms with E-state index >= 15 is 0 Å². The Morgan fingerprint density at radius 1 is 0.865 bits per heavy atom. The highest BCUT2D eigenvalue weighted by Crippen LogP contribution is 2.07. The van der Waals surface area contributed by atoms with Gasteiger partial charge in [-0.2, -0.15) is 0 Å². The molecule has 0 aliphatic carbocycles. The number of hydrogen-bond donors (Lipinski definition) is 8. The lowest BCUT2D eigenvalue weighted by Crippen LogP contribution is -2.57. The average Bonchev–Trinajstić information content (AvgIpc) is 2.82. The predicted octanol–water partition coefficient (Wildman–Crippen LogP) is -1.97. The normalized spacial score (nSPS) is 13.8. The van der Waals surface area contributed by atoms with Crippen molar-refractivity contribution in [2.24, 2.45) is 22.2 Å². The van der Waals surface area contributed by atoms with E-state index in [0.29, 0.717) is 5.56 Å². The first kappa shape index (κ1) is 30.8. The van der Waals surface area contributed by atoms with Crippen LogP contribution < -0.4 is 33.2 Å². The molecule has 4 atom stereocenters. The van der Waals surface area contributed by atoms with E-state index in [4.69, 9.17) is 22.3 Å². The number of carbonyl (C=O) groups excluding carboxylic acids is 3. The first-order chi connectivity index (χ1) is 17.4. The number of amides is 3. The molecule has 0 fully saturated rings. The fourth-order valence-electron chi connectivity index (χ4n) is 3.21. The summed E-state index contributed by atoms with van der Waals surface area (Å²) < 4.78 is 0. The van der Waals surface area contributed by atoms with Gasteiger partial charge < -0.3 is 43.4 Å². The number of carboxylic acids is 2. The number of nitrogens with two attached hydrogens (primary N) is 3. The van der Waals surface area contributed by atoms with Gasteiger partial charge in [-0.3, -0.25) is 24.2 Å². The van der Waals surface area contributed by atoms with Crippen LogP contribution in [0.5, 0.6) is 0 Å². The minimum atomic E-state index is -1.29. The number of benzene rings is 1. The van der Waals surface area contributed by atoms with E-state index in [1.165, 1.54) is 6.92 Å². The summed E-state index contributed by atoms with van der Waals surface area (Å²) in [5.74, 6) is -4.92. The van der Waals surface area contributed by atoms with Gasteiger partial charge >= 0.3 is 11.9 Å². The summed E-state index contributed by atoms with van der Waals surface area (Å²) in [5, 5.41) is 25.9. The Labute approximate surface area is 214 Å². The molecule has 0 aromatic heterocycles. The summed E-state index contributed by atoms with van der Waals surface area (Å²) in [6, 6.07) is 3.90. The van der Waals surface area contributed by atoms with E-state index in [2.05, 4.69) is 20.9 Å². The Hall–Kier alpha value is -4.20. The molecule has 0 aliphatic rings. The largest absolute Gasteiger partial charge is 0.481 e. The second-order valence-corrected chi connectivity index (χ2v) is 8.38. The number of aliphatic carboxylic acids is 2. The molecule has 0 aliphatic heterocycles. The van der Waals surface area contributed by atoms with Crippen LogP contribution in [-0.4, -0.2) is 76.5 Å². The van der Waals surface area contributed by atoms with E-state index in [9.17, 15) is 29.1 Å². The first-order valence-electron chi connectivity index (χ1n) is 11.6. The van der Waals surface area contributed by atoms with Crippen LogP contribution in [0.15, 0.2) is 35.3 Å². The van der Waals surface area contributed by atoms with Gasteiger partial charge in [-0.1, -0.05) is 30.3 Å². The van der Waals surface area contributed by atoms with Crippen LogP contribution in [0.4, 0.5) is 0 Å². The topological polar surface area (TPSA) is 252 Å².